The summed E-state index contributed by atoms with van der Waals surface area (Å²) in [5.74, 6) is -1.41. The lowest BCUT2D eigenvalue weighted by Gasteiger charge is -2.13. The van der Waals surface area contributed by atoms with Gasteiger partial charge in [-0.2, -0.15) is 0 Å². The van der Waals surface area contributed by atoms with Crippen LogP contribution < -0.4 is 5.32 Å². The minimum absolute atomic E-state index is 0.0195. The van der Waals surface area contributed by atoms with Crippen LogP contribution in [-0.4, -0.2) is 27.5 Å². The molecule has 0 aromatic heterocycles. The first-order valence-corrected chi connectivity index (χ1v) is 9.30. The average molecular weight is 381 g/mol. The Morgan fingerprint density at radius 3 is 2.19 bits per heavy atom. The fourth-order valence-corrected chi connectivity index (χ4v) is 3.03. The summed E-state index contributed by atoms with van der Waals surface area (Å²) < 4.78 is 0. The van der Waals surface area contributed by atoms with Crippen molar-refractivity contribution in [1.82, 2.24) is 0 Å². The molecule has 0 atom stereocenters. The number of nitro benzene ring substituents is 2. The van der Waals surface area contributed by atoms with E-state index in [0.717, 1.165) is 44.6 Å². The van der Waals surface area contributed by atoms with Gasteiger partial charge in [0.25, 0.3) is 5.69 Å². The number of carboxylic acid groups (broad SMARTS) is 1. The smallest absolute Gasteiger partial charge is 0.336 e. The Morgan fingerprint density at radius 1 is 1.04 bits per heavy atom. The molecule has 9 nitrogen and oxygen atoms in total. The summed E-state index contributed by atoms with van der Waals surface area (Å²) in [5.41, 5.74) is -1.65. The Hall–Kier alpha value is -2.71. The van der Waals surface area contributed by atoms with Crippen LogP contribution in [0.5, 0.6) is 0 Å². The molecule has 0 aliphatic rings. The van der Waals surface area contributed by atoms with Crippen LogP contribution in [0.4, 0.5) is 17.1 Å². The first kappa shape index (κ1) is 22.3. The van der Waals surface area contributed by atoms with Crippen LogP contribution >= 0.6 is 0 Å². The lowest BCUT2D eigenvalue weighted by atomic mass is 9.98. The number of anilines is 1. The number of rotatable bonds is 13. The van der Waals surface area contributed by atoms with E-state index >= 15 is 0 Å². The zero-order valence-corrected chi connectivity index (χ0v) is 15.8. The summed E-state index contributed by atoms with van der Waals surface area (Å²) in [6.45, 7) is 4.24. The maximum Gasteiger partial charge on any atom is 0.336 e. The number of nitro groups is 2. The second-order valence-corrected chi connectivity index (χ2v) is 6.41. The third-order valence-corrected chi connectivity index (χ3v) is 4.33. The summed E-state index contributed by atoms with van der Waals surface area (Å²) in [7, 11) is 0. The second-order valence-electron chi connectivity index (χ2n) is 6.41. The molecule has 0 saturated heterocycles. The van der Waals surface area contributed by atoms with Gasteiger partial charge in [-0.1, -0.05) is 52.4 Å². The van der Waals surface area contributed by atoms with E-state index in [9.17, 15) is 30.1 Å². The summed E-state index contributed by atoms with van der Waals surface area (Å²) in [5, 5.41) is 35.2. The molecule has 2 N–H and O–H groups in total. The number of nitrogens with one attached hydrogen (secondary N) is 1. The number of nitrogens with zero attached hydrogens (tertiary/aromatic N) is 2. The van der Waals surface area contributed by atoms with Crippen molar-refractivity contribution in [2.45, 2.75) is 65.2 Å². The van der Waals surface area contributed by atoms with Crippen molar-refractivity contribution in [1.29, 1.82) is 0 Å². The molecule has 0 aliphatic heterocycles. The quantitative estimate of drug-likeness (QED) is 0.281. The first-order valence-electron chi connectivity index (χ1n) is 9.30. The van der Waals surface area contributed by atoms with Crippen LogP contribution in [0.1, 0.15) is 74.7 Å². The minimum Gasteiger partial charge on any atom is -0.478 e. The van der Waals surface area contributed by atoms with Crippen LogP contribution in [0.3, 0.4) is 0 Å². The first-order chi connectivity index (χ1) is 12.8. The van der Waals surface area contributed by atoms with Gasteiger partial charge in [-0.25, -0.2) is 4.79 Å². The Balaban J connectivity index is 3.19. The number of unbranched alkanes of at least 4 members (excludes halogenated alkanes) is 5. The molecule has 0 saturated carbocycles. The van der Waals surface area contributed by atoms with Crippen molar-refractivity contribution in [3.8, 4) is 0 Å². The summed E-state index contributed by atoms with van der Waals surface area (Å²) in [4.78, 5) is 33.0. The van der Waals surface area contributed by atoms with Gasteiger partial charge in [-0.15, -0.1) is 0 Å². The molecule has 0 heterocycles. The van der Waals surface area contributed by atoms with Gasteiger partial charge in [0.2, 0.25) is 0 Å². The van der Waals surface area contributed by atoms with E-state index in [4.69, 9.17) is 0 Å². The number of hydrogen-bond acceptors (Lipinski definition) is 6. The van der Waals surface area contributed by atoms with Gasteiger partial charge in [0, 0.05) is 18.2 Å². The van der Waals surface area contributed by atoms with Gasteiger partial charge in [-0.05, 0) is 12.8 Å². The molecule has 0 aliphatic carbocycles. The van der Waals surface area contributed by atoms with Gasteiger partial charge in [0.1, 0.15) is 0 Å². The van der Waals surface area contributed by atoms with Crippen LogP contribution in [0.15, 0.2) is 6.07 Å². The van der Waals surface area contributed by atoms with Gasteiger partial charge < -0.3 is 10.4 Å². The number of carbonyl (C=O) groups is 1. The Bertz CT molecular complexity index is 690. The highest BCUT2D eigenvalue weighted by Crippen LogP contribution is 2.40. The number of hydrogen-bond donors (Lipinski definition) is 2. The standard InChI is InChI=1S/C18H27N3O6/c1-3-5-6-7-8-9-11-19-16-15(20(24)25)12-14(18(22)23)13(10-4-2)17(16)21(26)27/h12,19H,3-11H2,1-2H3,(H,22,23). The van der Waals surface area contributed by atoms with E-state index in [1.807, 2.05) is 0 Å². The van der Waals surface area contributed by atoms with Crippen molar-refractivity contribution in [3.63, 3.8) is 0 Å². The largest absolute Gasteiger partial charge is 0.478 e. The molecule has 0 bridgehead atoms. The average Bonchev–Trinajstić information content (AvgIpc) is 2.60. The Labute approximate surface area is 158 Å². The summed E-state index contributed by atoms with van der Waals surface area (Å²) in [6, 6.07) is 0.921. The summed E-state index contributed by atoms with van der Waals surface area (Å²) >= 11 is 0. The Kier molecular flexibility index (Phi) is 9.18. The molecule has 1 aromatic rings. The van der Waals surface area contributed by atoms with Crippen LogP contribution in [0, 0.1) is 20.2 Å². The molecule has 0 fully saturated rings. The topological polar surface area (TPSA) is 136 Å². The van der Waals surface area contributed by atoms with Crippen molar-refractivity contribution < 1.29 is 19.7 Å². The van der Waals surface area contributed by atoms with Crippen LogP contribution in [0.2, 0.25) is 0 Å². The van der Waals surface area contributed by atoms with Crippen LogP contribution in [-0.2, 0) is 6.42 Å². The SMILES string of the molecule is CCCCCCCCNc1c([N+](=O)[O-])cc(C(=O)O)c(CCC)c1[N+](=O)[O-]. The molecule has 0 spiro atoms. The predicted molar refractivity (Wildman–Crippen MR) is 103 cm³/mol. The monoisotopic (exact) mass is 381 g/mol. The van der Waals surface area contributed by atoms with Crippen molar-refractivity contribution in [2.75, 3.05) is 11.9 Å². The molecule has 1 aromatic carbocycles. The molecule has 9 heteroatoms. The lowest BCUT2D eigenvalue weighted by Crippen LogP contribution is -2.13. The third kappa shape index (κ3) is 6.19. The van der Waals surface area contributed by atoms with E-state index in [-0.39, 0.29) is 23.2 Å². The molecule has 150 valence electrons. The lowest BCUT2D eigenvalue weighted by molar-refractivity contribution is -0.392. The maximum atomic E-state index is 11.6. The van der Waals surface area contributed by atoms with E-state index in [2.05, 4.69) is 12.2 Å². The number of carboxylic acids is 1. The van der Waals surface area contributed by atoms with Crippen molar-refractivity contribution in [3.05, 3.63) is 37.4 Å². The number of aromatic carboxylic acids is 1. The molecule has 0 radical (unpaired) electrons. The van der Waals surface area contributed by atoms with Gasteiger partial charge in [0.05, 0.1) is 15.4 Å². The minimum atomic E-state index is -1.41. The highest BCUT2D eigenvalue weighted by molar-refractivity contribution is 5.95. The normalized spacial score (nSPS) is 10.6. The highest BCUT2D eigenvalue weighted by Gasteiger charge is 2.33. The molecule has 1 rings (SSSR count). The van der Waals surface area contributed by atoms with Crippen LogP contribution in [0.25, 0.3) is 0 Å². The predicted octanol–water partition coefficient (Wildman–Crippen LogP) is 4.93. The molecule has 27 heavy (non-hydrogen) atoms. The van der Waals surface area contributed by atoms with E-state index in [1.54, 1.807) is 6.92 Å². The maximum absolute atomic E-state index is 11.6. The van der Waals surface area contributed by atoms with Gasteiger partial charge in [-0.3, -0.25) is 20.2 Å². The van der Waals surface area contributed by atoms with Crippen molar-refractivity contribution in [2.24, 2.45) is 0 Å². The zero-order chi connectivity index (χ0) is 20.4. The van der Waals surface area contributed by atoms with Gasteiger partial charge in [0.15, 0.2) is 5.69 Å². The Morgan fingerprint density at radius 2 is 1.67 bits per heavy atom. The third-order valence-electron chi connectivity index (χ3n) is 4.33. The molecule has 0 unspecified atom stereocenters. The fourth-order valence-electron chi connectivity index (χ4n) is 3.03. The zero-order valence-electron chi connectivity index (χ0n) is 15.8. The molecular weight excluding hydrogens is 354 g/mol. The molecule has 0 amide bonds. The van der Waals surface area contributed by atoms with Gasteiger partial charge >= 0.3 is 11.7 Å². The van der Waals surface area contributed by atoms with E-state index in [0.29, 0.717) is 13.0 Å². The summed E-state index contributed by atoms with van der Waals surface area (Å²) in [6.07, 6.45) is 6.72. The second kappa shape index (κ2) is 11.1. The van der Waals surface area contributed by atoms with E-state index < -0.39 is 27.2 Å². The fraction of sp³-hybridized carbons (Fsp3) is 0.611. The van der Waals surface area contributed by atoms with Crippen molar-refractivity contribution >= 4 is 23.0 Å². The van der Waals surface area contributed by atoms with E-state index in [1.165, 1.54) is 0 Å². The molecular formula is C18H27N3O6. The number of benzene rings is 1. The highest BCUT2D eigenvalue weighted by atomic mass is 16.6.